The van der Waals surface area contributed by atoms with E-state index in [1.54, 1.807) is 0 Å². The van der Waals surface area contributed by atoms with Gasteiger partial charge in [-0.1, -0.05) is 48.5 Å². The quantitative estimate of drug-likeness (QED) is 0.784. The van der Waals surface area contributed by atoms with Crippen LogP contribution in [0.3, 0.4) is 0 Å². The molecular weight excluding hydrogens is 336 g/mol. The van der Waals surface area contributed by atoms with Crippen LogP contribution >= 0.6 is 0 Å². The maximum absolute atomic E-state index is 11.9. The number of ether oxygens (including phenoxy) is 1. The molecule has 0 aromatic heterocycles. The molecule has 2 aromatic carbocycles. The Bertz CT molecular complexity index is 819. The lowest BCUT2D eigenvalue weighted by Crippen LogP contribution is -2.49. The lowest BCUT2D eigenvalue weighted by Gasteiger charge is -2.19. The number of alkyl carbamates (subject to hydrolysis) is 1. The van der Waals surface area contributed by atoms with Crippen LogP contribution < -0.4 is 16.2 Å². The number of carbonyl (C=O) groups excluding carboxylic acids is 3. The van der Waals surface area contributed by atoms with Crippen LogP contribution in [0.25, 0.3) is 11.1 Å². The summed E-state index contributed by atoms with van der Waals surface area (Å²) in [5.41, 5.74) is 9.20. The molecule has 1 aliphatic carbocycles. The predicted molar refractivity (Wildman–Crippen MR) is 90.8 cm³/mol. The van der Waals surface area contributed by atoms with Gasteiger partial charge in [0.15, 0.2) is 0 Å². The molecule has 2 aromatic rings. The minimum atomic E-state index is -1.60. The third-order valence-corrected chi connectivity index (χ3v) is 4.33. The fourth-order valence-electron chi connectivity index (χ4n) is 3.18. The number of rotatable bonds is 6. The predicted octanol–water partition coefficient (Wildman–Crippen LogP) is 0.519. The average molecular weight is 353 g/mol. The molecule has 1 aliphatic rings. The number of primary amides is 1. The highest BCUT2D eigenvalue weighted by atomic mass is 16.5. The second-order valence-electron chi connectivity index (χ2n) is 6.01. The van der Waals surface area contributed by atoms with Gasteiger partial charge in [-0.2, -0.15) is 0 Å². The van der Waals surface area contributed by atoms with Crippen molar-refractivity contribution in [2.75, 3.05) is 6.61 Å². The third kappa shape index (κ3) is 3.51. The highest BCUT2D eigenvalue weighted by Crippen LogP contribution is 2.44. The first kappa shape index (κ1) is 17.5. The molecule has 3 rings (SSSR count). The Morgan fingerprint density at radius 1 is 1.04 bits per heavy atom. The van der Waals surface area contributed by atoms with E-state index < -0.39 is 30.4 Å². The maximum Gasteiger partial charge on any atom is 0.407 e. The van der Waals surface area contributed by atoms with Crippen LogP contribution in [-0.4, -0.2) is 30.6 Å². The van der Waals surface area contributed by atoms with Gasteiger partial charge in [0.1, 0.15) is 6.61 Å². The number of carbonyl (C=O) groups is 3. The number of amides is 2. The summed E-state index contributed by atoms with van der Waals surface area (Å²) >= 11 is 0. The van der Waals surface area contributed by atoms with Gasteiger partial charge in [0.05, 0.1) is 18.4 Å². The number of nitrogens with two attached hydrogens (primary N) is 1. The summed E-state index contributed by atoms with van der Waals surface area (Å²) in [5, 5.41) is 13.1. The van der Waals surface area contributed by atoms with Crippen LogP contribution in [0.1, 0.15) is 23.5 Å². The van der Waals surface area contributed by atoms with E-state index in [-0.39, 0.29) is 12.5 Å². The van der Waals surface area contributed by atoms with E-state index >= 15 is 0 Å². The van der Waals surface area contributed by atoms with Crippen LogP contribution in [0.2, 0.25) is 0 Å². The average Bonchev–Trinajstić information content (AvgIpc) is 2.93. The molecule has 0 heterocycles. The Kier molecular flexibility index (Phi) is 4.88. The van der Waals surface area contributed by atoms with Gasteiger partial charge in [0.25, 0.3) is 0 Å². The minimum Gasteiger partial charge on any atom is -0.548 e. The van der Waals surface area contributed by atoms with Crippen LogP contribution in [-0.2, 0) is 14.3 Å². The van der Waals surface area contributed by atoms with Gasteiger partial charge in [-0.15, -0.1) is 0 Å². The lowest BCUT2D eigenvalue weighted by molar-refractivity contribution is -0.308. The highest BCUT2D eigenvalue weighted by molar-refractivity contribution is 5.85. The summed E-state index contributed by atoms with van der Waals surface area (Å²) in [4.78, 5) is 33.8. The monoisotopic (exact) mass is 353 g/mol. The van der Waals surface area contributed by atoms with E-state index in [1.807, 2.05) is 48.5 Å². The minimum absolute atomic E-state index is 0.0379. The smallest absolute Gasteiger partial charge is 0.407 e. The Balaban J connectivity index is 1.71. The first-order chi connectivity index (χ1) is 12.5. The van der Waals surface area contributed by atoms with Crippen molar-refractivity contribution in [3.05, 3.63) is 59.7 Å². The van der Waals surface area contributed by atoms with Gasteiger partial charge in [0, 0.05) is 5.92 Å². The van der Waals surface area contributed by atoms with Crippen molar-refractivity contribution in [1.82, 2.24) is 5.32 Å². The summed E-state index contributed by atoms with van der Waals surface area (Å²) in [6.07, 6.45) is -1.51. The third-order valence-electron chi connectivity index (χ3n) is 4.33. The summed E-state index contributed by atoms with van der Waals surface area (Å²) in [5.74, 6) is -2.61. The van der Waals surface area contributed by atoms with Crippen molar-refractivity contribution >= 4 is 18.0 Å². The molecule has 0 saturated carbocycles. The van der Waals surface area contributed by atoms with Gasteiger partial charge in [-0.3, -0.25) is 4.79 Å². The number of carboxylic acid groups (broad SMARTS) is 1. The van der Waals surface area contributed by atoms with Gasteiger partial charge in [-0.25, -0.2) is 4.79 Å². The van der Waals surface area contributed by atoms with Crippen molar-refractivity contribution < 1.29 is 24.2 Å². The molecule has 0 aliphatic heterocycles. The van der Waals surface area contributed by atoms with Crippen LogP contribution in [0.15, 0.2) is 48.5 Å². The Morgan fingerprint density at radius 3 is 2.08 bits per heavy atom. The lowest BCUT2D eigenvalue weighted by atomic mass is 9.98. The van der Waals surface area contributed by atoms with Crippen molar-refractivity contribution in [1.29, 1.82) is 0 Å². The maximum atomic E-state index is 11.9. The Hall–Kier alpha value is -3.35. The molecule has 0 bridgehead atoms. The first-order valence-electron chi connectivity index (χ1n) is 8.08. The molecule has 0 radical (unpaired) electrons. The fourth-order valence-corrected chi connectivity index (χ4v) is 3.18. The van der Waals surface area contributed by atoms with E-state index in [2.05, 4.69) is 5.32 Å². The standard InChI is InChI=1S/C19H18N2O5/c20-17(22)9-16(18(23)24)21-19(25)26-10-15-13-7-3-1-5-11(13)12-6-2-4-8-14(12)15/h1-8,15-16H,9-10H2,(H2,20,22)(H,21,25)(H,23,24)/p-1/t16-/m1/s1. The highest BCUT2D eigenvalue weighted by Gasteiger charge is 2.29. The van der Waals surface area contributed by atoms with Crippen LogP contribution in [0.5, 0.6) is 0 Å². The number of benzene rings is 2. The van der Waals surface area contributed by atoms with Gasteiger partial charge >= 0.3 is 6.09 Å². The summed E-state index contributed by atoms with van der Waals surface area (Å²) in [6, 6.07) is 14.1. The number of carboxylic acids is 1. The van der Waals surface area contributed by atoms with Gasteiger partial charge < -0.3 is 25.7 Å². The molecule has 3 N–H and O–H groups in total. The zero-order valence-electron chi connectivity index (χ0n) is 13.8. The van der Waals surface area contributed by atoms with Crippen LogP contribution in [0, 0.1) is 0 Å². The largest absolute Gasteiger partial charge is 0.548 e. The van der Waals surface area contributed by atoms with Crippen molar-refractivity contribution in [2.24, 2.45) is 5.73 Å². The topological polar surface area (TPSA) is 122 Å². The molecule has 0 spiro atoms. The normalized spacial score (nSPS) is 13.4. The molecule has 7 nitrogen and oxygen atoms in total. The molecule has 0 fully saturated rings. The second kappa shape index (κ2) is 7.26. The Labute approximate surface area is 149 Å². The van der Waals surface area contributed by atoms with Gasteiger partial charge in [-0.05, 0) is 22.3 Å². The molecule has 0 unspecified atom stereocenters. The molecule has 7 heteroatoms. The SMILES string of the molecule is NC(=O)C[C@@H](NC(=O)OCC1c2ccccc2-c2ccccc21)C(=O)[O-]. The molecule has 0 saturated heterocycles. The number of hydrogen-bond donors (Lipinski definition) is 2. The zero-order chi connectivity index (χ0) is 18.7. The number of hydrogen-bond acceptors (Lipinski definition) is 5. The van der Waals surface area contributed by atoms with Crippen LogP contribution in [0.4, 0.5) is 4.79 Å². The first-order valence-corrected chi connectivity index (χ1v) is 8.08. The number of nitrogens with one attached hydrogen (secondary N) is 1. The van der Waals surface area contributed by atoms with Crippen molar-refractivity contribution in [3.63, 3.8) is 0 Å². The molecule has 134 valence electrons. The van der Waals surface area contributed by atoms with E-state index in [9.17, 15) is 19.5 Å². The van der Waals surface area contributed by atoms with Crippen molar-refractivity contribution in [3.8, 4) is 11.1 Å². The zero-order valence-corrected chi connectivity index (χ0v) is 13.8. The molecule has 1 atom stereocenters. The van der Waals surface area contributed by atoms with E-state index in [0.29, 0.717) is 0 Å². The van der Waals surface area contributed by atoms with E-state index in [4.69, 9.17) is 10.5 Å². The fraction of sp³-hybridized carbons (Fsp3) is 0.211. The Morgan fingerprint density at radius 2 is 1.58 bits per heavy atom. The molecular formula is C19H17N2O5-. The number of fused-ring (bicyclic) bond motifs is 3. The summed E-state index contributed by atoms with van der Waals surface area (Å²) in [6.45, 7) is 0.0379. The summed E-state index contributed by atoms with van der Waals surface area (Å²) in [7, 11) is 0. The van der Waals surface area contributed by atoms with E-state index in [0.717, 1.165) is 22.3 Å². The van der Waals surface area contributed by atoms with Crippen molar-refractivity contribution in [2.45, 2.75) is 18.4 Å². The summed E-state index contributed by atoms with van der Waals surface area (Å²) < 4.78 is 5.21. The second-order valence-corrected chi connectivity index (χ2v) is 6.01. The number of aliphatic carboxylic acids is 1. The molecule has 26 heavy (non-hydrogen) atoms. The molecule has 2 amide bonds. The van der Waals surface area contributed by atoms with E-state index in [1.165, 1.54) is 0 Å². The van der Waals surface area contributed by atoms with Gasteiger partial charge in [0.2, 0.25) is 5.91 Å².